The van der Waals surface area contributed by atoms with E-state index in [-0.39, 0.29) is 17.1 Å². The highest BCUT2D eigenvalue weighted by molar-refractivity contribution is 7.92. The van der Waals surface area contributed by atoms with Crippen LogP contribution in [0.4, 0.5) is 33.5 Å². The summed E-state index contributed by atoms with van der Waals surface area (Å²) in [5.74, 6) is -5.93. The summed E-state index contributed by atoms with van der Waals surface area (Å²) >= 11 is 0. The van der Waals surface area contributed by atoms with E-state index in [2.05, 4.69) is 4.98 Å². The summed E-state index contributed by atoms with van der Waals surface area (Å²) in [6, 6.07) is 3.11. The van der Waals surface area contributed by atoms with E-state index in [0.717, 1.165) is 31.2 Å². The van der Waals surface area contributed by atoms with Crippen LogP contribution in [0, 0.1) is 11.6 Å². The van der Waals surface area contributed by atoms with Crippen molar-refractivity contribution in [2.24, 2.45) is 0 Å². The Morgan fingerprint density at radius 3 is 2.24 bits per heavy atom. The van der Waals surface area contributed by atoms with Crippen molar-refractivity contribution in [3.8, 4) is 0 Å². The van der Waals surface area contributed by atoms with Gasteiger partial charge < -0.3 is 15.1 Å². The van der Waals surface area contributed by atoms with E-state index >= 15 is 0 Å². The van der Waals surface area contributed by atoms with Crippen molar-refractivity contribution in [3.63, 3.8) is 0 Å². The molecule has 0 aliphatic rings. The number of anilines is 2. The van der Waals surface area contributed by atoms with Crippen LogP contribution in [0.25, 0.3) is 0 Å². The third kappa shape index (κ3) is 8.13. The van der Waals surface area contributed by atoms with Crippen molar-refractivity contribution < 1.29 is 50.2 Å². The van der Waals surface area contributed by atoms with Crippen LogP contribution in [0.1, 0.15) is 30.1 Å². The predicted octanol–water partition coefficient (Wildman–Crippen LogP) is 3.73. The minimum Gasteiger partial charge on any atom is -0.478 e. The number of hydrogen-bond donors (Lipinski definition) is 3. The largest absolute Gasteiger partial charge is 0.490 e. The summed E-state index contributed by atoms with van der Waals surface area (Å²) in [6.07, 6.45) is -2.23. The quantitative estimate of drug-likeness (QED) is 0.454. The molecule has 1 heterocycles. The number of rotatable bonds is 8. The second-order valence-electron chi connectivity index (χ2n) is 6.66. The molecule has 0 unspecified atom stereocenters. The molecule has 2 rings (SSSR count). The molecule has 2 aromatic rings. The maximum absolute atomic E-state index is 13.8. The second-order valence-corrected chi connectivity index (χ2v) is 8.31. The van der Waals surface area contributed by atoms with Gasteiger partial charge in [0.2, 0.25) is 0 Å². The Morgan fingerprint density at radius 2 is 1.74 bits per heavy atom. The Bertz CT molecular complexity index is 1140. The lowest BCUT2D eigenvalue weighted by molar-refractivity contribution is -0.192. The maximum Gasteiger partial charge on any atom is 0.490 e. The SMILES string of the molecule is CCCCN(C)c1ncc(NS(=O)(=O)c2cc(F)ccc2F)cc1C(=O)O.O=C(O)C(F)(F)F. The van der Waals surface area contributed by atoms with Gasteiger partial charge in [0.15, 0.2) is 0 Å². The lowest BCUT2D eigenvalue weighted by atomic mass is 10.2. The van der Waals surface area contributed by atoms with Gasteiger partial charge in [-0.3, -0.25) is 4.72 Å². The molecule has 0 aliphatic carbocycles. The van der Waals surface area contributed by atoms with Gasteiger partial charge in [-0.15, -0.1) is 0 Å². The molecule has 15 heteroatoms. The van der Waals surface area contributed by atoms with Crippen molar-refractivity contribution in [1.82, 2.24) is 4.98 Å². The molecule has 0 atom stereocenters. The number of carboxylic acid groups (broad SMARTS) is 2. The van der Waals surface area contributed by atoms with Gasteiger partial charge in [-0.1, -0.05) is 13.3 Å². The van der Waals surface area contributed by atoms with Gasteiger partial charge in [0.25, 0.3) is 10.0 Å². The van der Waals surface area contributed by atoms with Gasteiger partial charge >= 0.3 is 18.1 Å². The van der Waals surface area contributed by atoms with Crippen LogP contribution in [-0.2, 0) is 14.8 Å². The number of nitrogens with one attached hydrogen (secondary N) is 1. The number of carbonyl (C=O) groups is 2. The number of aromatic carboxylic acids is 1. The lowest BCUT2D eigenvalue weighted by Gasteiger charge is -2.20. The molecule has 9 nitrogen and oxygen atoms in total. The fourth-order valence-corrected chi connectivity index (χ4v) is 3.49. The monoisotopic (exact) mass is 513 g/mol. The fourth-order valence-electron chi connectivity index (χ4n) is 2.37. The van der Waals surface area contributed by atoms with Gasteiger partial charge in [-0.25, -0.2) is 31.8 Å². The van der Waals surface area contributed by atoms with Crippen LogP contribution in [-0.4, -0.2) is 55.3 Å². The molecule has 34 heavy (non-hydrogen) atoms. The standard InChI is InChI=1S/C17H19F2N3O4S.C2HF3O2/c1-3-4-7-22(2)16-13(17(23)24)9-12(10-20-16)21-27(25,26)15-8-11(18)5-6-14(15)19;3-2(4,5)1(6)7/h5-6,8-10,21H,3-4,7H2,1-2H3,(H,23,24);(H,6,7). The van der Waals surface area contributed by atoms with E-state index in [1.165, 1.54) is 0 Å². The van der Waals surface area contributed by atoms with Gasteiger partial charge in [0, 0.05) is 13.6 Å². The van der Waals surface area contributed by atoms with Gasteiger partial charge in [-0.2, -0.15) is 13.2 Å². The third-order valence-corrected chi connectivity index (χ3v) is 5.38. The van der Waals surface area contributed by atoms with Crippen LogP contribution in [0.3, 0.4) is 0 Å². The average Bonchev–Trinajstić information content (AvgIpc) is 2.73. The Balaban J connectivity index is 0.000000718. The smallest absolute Gasteiger partial charge is 0.478 e. The Kier molecular flexibility index (Phi) is 9.72. The fraction of sp³-hybridized carbons (Fsp3) is 0.316. The van der Waals surface area contributed by atoms with Crippen LogP contribution >= 0.6 is 0 Å². The van der Waals surface area contributed by atoms with E-state index < -0.39 is 44.7 Å². The van der Waals surface area contributed by atoms with Crippen LogP contribution < -0.4 is 9.62 Å². The number of carboxylic acids is 2. The number of sulfonamides is 1. The molecule has 3 N–H and O–H groups in total. The molecule has 0 amide bonds. The summed E-state index contributed by atoms with van der Waals surface area (Å²) in [5, 5.41) is 16.5. The van der Waals surface area contributed by atoms with Crippen molar-refractivity contribution in [2.45, 2.75) is 30.8 Å². The first-order chi connectivity index (χ1) is 15.6. The van der Waals surface area contributed by atoms with E-state index in [1.807, 2.05) is 11.6 Å². The highest BCUT2D eigenvalue weighted by atomic mass is 32.2. The molecule has 0 saturated heterocycles. The van der Waals surface area contributed by atoms with E-state index in [1.54, 1.807) is 11.9 Å². The Hall–Kier alpha value is -3.49. The molecular weight excluding hydrogens is 493 g/mol. The topological polar surface area (TPSA) is 137 Å². The van der Waals surface area contributed by atoms with Crippen molar-refractivity contribution in [3.05, 3.63) is 47.7 Å². The first-order valence-electron chi connectivity index (χ1n) is 9.32. The first-order valence-corrected chi connectivity index (χ1v) is 10.8. The molecule has 0 spiro atoms. The molecule has 1 aromatic carbocycles. The second kappa shape index (κ2) is 11.6. The number of unbranched alkanes of at least 4 members (excludes halogenated alkanes) is 1. The molecule has 188 valence electrons. The summed E-state index contributed by atoms with van der Waals surface area (Å²) in [4.78, 5) is 25.2. The number of aromatic nitrogens is 1. The zero-order valence-electron chi connectivity index (χ0n) is 17.7. The number of benzene rings is 1. The number of nitrogens with zero attached hydrogens (tertiary/aromatic N) is 2. The number of alkyl halides is 3. The predicted molar refractivity (Wildman–Crippen MR) is 110 cm³/mol. The number of hydrogen-bond acceptors (Lipinski definition) is 6. The van der Waals surface area contributed by atoms with Gasteiger partial charge in [0.1, 0.15) is 27.9 Å². The van der Waals surface area contributed by atoms with E-state index in [9.17, 15) is 40.3 Å². The van der Waals surface area contributed by atoms with Crippen LogP contribution in [0.2, 0.25) is 0 Å². The molecule has 0 radical (unpaired) electrons. The number of pyridine rings is 1. The number of halogens is 5. The minimum absolute atomic E-state index is 0.177. The Morgan fingerprint density at radius 1 is 1.15 bits per heavy atom. The van der Waals surface area contributed by atoms with Gasteiger partial charge in [-0.05, 0) is 30.7 Å². The molecule has 0 aliphatic heterocycles. The highest BCUT2D eigenvalue weighted by Crippen LogP contribution is 2.24. The van der Waals surface area contributed by atoms with Crippen LogP contribution in [0.15, 0.2) is 35.4 Å². The minimum atomic E-state index is -5.08. The van der Waals surface area contributed by atoms with Gasteiger partial charge in [0.05, 0.1) is 11.9 Å². The van der Waals surface area contributed by atoms with Crippen LogP contribution in [0.5, 0.6) is 0 Å². The lowest BCUT2D eigenvalue weighted by Crippen LogP contribution is -2.23. The molecule has 1 aromatic heterocycles. The zero-order chi connectivity index (χ0) is 26.3. The summed E-state index contributed by atoms with van der Waals surface area (Å²) < 4.78 is 85.4. The summed E-state index contributed by atoms with van der Waals surface area (Å²) in [5.41, 5.74) is -0.391. The van der Waals surface area contributed by atoms with Crippen molar-refractivity contribution in [1.29, 1.82) is 0 Å². The highest BCUT2D eigenvalue weighted by Gasteiger charge is 2.38. The molecule has 0 saturated carbocycles. The average molecular weight is 513 g/mol. The molecule has 0 fully saturated rings. The van der Waals surface area contributed by atoms with E-state index in [0.29, 0.717) is 18.7 Å². The third-order valence-electron chi connectivity index (χ3n) is 3.98. The maximum atomic E-state index is 13.8. The normalized spacial score (nSPS) is 11.3. The van der Waals surface area contributed by atoms with E-state index in [4.69, 9.17) is 9.90 Å². The summed E-state index contributed by atoms with van der Waals surface area (Å²) in [7, 11) is -2.79. The first kappa shape index (κ1) is 28.5. The van der Waals surface area contributed by atoms with Crippen molar-refractivity contribution in [2.75, 3.05) is 23.2 Å². The zero-order valence-corrected chi connectivity index (χ0v) is 18.5. The number of aliphatic carboxylic acids is 1. The molecular formula is C19H20F5N3O6S. The van der Waals surface area contributed by atoms with Crippen molar-refractivity contribution >= 4 is 33.5 Å². The summed E-state index contributed by atoms with van der Waals surface area (Å²) in [6.45, 7) is 2.56. The Labute approximate surface area is 190 Å². The molecule has 0 bridgehead atoms.